The summed E-state index contributed by atoms with van der Waals surface area (Å²) < 4.78 is 2.05. The second kappa shape index (κ2) is 8.91. The summed E-state index contributed by atoms with van der Waals surface area (Å²) in [6, 6.07) is 7.71. The van der Waals surface area contributed by atoms with Crippen LogP contribution in [0, 0.1) is 5.92 Å². The molecule has 7 nitrogen and oxygen atoms in total. The van der Waals surface area contributed by atoms with Crippen LogP contribution in [0.25, 0.3) is 17.0 Å². The molecule has 0 spiro atoms. The van der Waals surface area contributed by atoms with Crippen LogP contribution in [0.2, 0.25) is 0 Å². The minimum Gasteiger partial charge on any atom is -0.370 e. The Morgan fingerprint density at radius 1 is 1.28 bits per heavy atom. The fourth-order valence-corrected chi connectivity index (χ4v) is 5.54. The fraction of sp³-hybridized carbons (Fsp3) is 0.304. The maximum atomic E-state index is 13.4. The highest BCUT2D eigenvalue weighted by molar-refractivity contribution is 8.26. The van der Waals surface area contributed by atoms with E-state index in [0.29, 0.717) is 47.3 Å². The van der Waals surface area contributed by atoms with Crippen LogP contribution in [-0.2, 0) is 16.6 Å². The molecule has 32 heavy (non-hydrogen) atoms. The average molecular weight is 469 g/mol. The van der Waals surface area contributed by atoms with Crippen molar-refractivity contribution in [1.82, 2.24) is 9.47 Å². The maximum absolute atomic E-state index is 13.4. The van der Waals surface area contributed by atoms with Gasteiger partial charge in [-0.05, 0) is 25.0 Å². The molecule has 2 aromatic rings. The van der Waals surface area contributed by atoms with Gasteiger partial charge in [0.05, 0.1) is 21.7 Å². The van der Waals surface area contributed by atoms with E-state index in [1.165, 1.54) is 16.7 Å². The molecule has 2 aliphatic rings. The summed E-state index contributed by atoms with van der Waals surface area (Å²) in [5.41, 5.74) is 7.35. The summed E-state index contributed by atoms with van der Waals surface area (Å²) in [6.45, 7) is 5.21. The normalized spacial score (nSPS) is 18.7. The predicted octanol–water partition coefficient (Wildman–Crippen LogP) is 2.63. The third-order valence-corrected chi connectivity index (χ3v) is 7.36. The first-order valence-electron chi connectivity index (χ1n) is 10.4. The Kier molecular flexibility index (Phi) is 6.21. The van der Waals surface area contributed by atoms with Crippen molar-refractivity contribution in [2.24, 2.45) is 18.7 Å². The predicted molar refractivity (Wildman–Crippen MR) is 133 cm³/mol. The zero-order valence-electron chi connectivity index (χ0n) is 17.7. The number of anilines is 1. The molecular formula is C23H24N4O3S2. The van der Waals surface area contributed by atoms with Crippen molar-refractivity contribution in [1.29, 1.82) is 0 Å². The Balaban J connectivity index is 1.87. The number of amides is 2. The summed E-state index contributed by atoms with van der Waals surface area (Å²) >= 11 is 6.54. The maximum Gasteiger partial charge on any atom is 0.266 e. The van der Waals surface area contributed by atoms with Crippen LogP contribution in [-0.4, -0.2) is 45.2 Å². The number of nitrogens with two attached hydrogens (primary N) is 1. The molecular weight excluding hydrogens is 444 g/mol. The highest BCUT2D eigenvalue weighted by Gasteiger charge is 2.33. The van der Waals surface area contributed by atoms with E-state index in [2.05, 4.69) is 11.5 Å². The summed E-state index contributed by atoms with van der Waals surface area (Å²) in [7, 11) is 1.73. The van der Waals surface area contributed by atoms with Gasteiger partial charge in [0.25, 0.3) is 11.5 Å². The highest BCUT2D eigenvalue weighted by Crippen LogP contribution is 2.37. The number of aryl methyl sites for hydroxylation is 1. The van der Waals surface area contributed by atoms with Gasteiger partial charge in [0, 0.05) is 38.0 Å². The van der Waals surface area contributed by atoms with E-state index in [1.807, 2.05) is 24.3 Å². The molecule has 3 heterocycles. The van der Waals surface area contributed by atoms with Crippen LogP contribution in [0.4, 0.5) is 5.69 Å². The van der Waals surface area contributed by atoms with Gasteiger partial charge < -0.3 is 15.2 Å². The number of benzene rings is 1. The van der Waals surface area contributed by atoms with Crippen LogP contribution < -0.4 is 16.2 Å². The zero-order chi connectivity index (χ0) is 23.0. The van der Waals surface area contributed by atoms with Gasteiger partial charge in [-0.25, -0.2) is 0 Å². The zero-order valence-corrected chi connectivity index (χ0v) is 19.4. The van der Waals surface area contributed by atoms with E-state index in [4.69, 9.17) is 18.0 Å². The Hall–Kier alpha value is -2.91. The molecule has 2 fully saturated rings. The number of aromatic nitrogens is 1. The first-order valence-corrected chi connectivity index (χ1v) is 11.6. The number of primary amides is 1. The number of para-hydroxylation sites is 1. The van der Waals surface area contributed by atoms with E-state index >= 15 is 0 Å². The van der Waals surface area contributed by atoms with Gasteiger partial charge >= 0.3 is 0 Å². The molecule has 2 N–H and O–H groups in total. The number of rotatable bonds is 5. The van der Waals surface area contributed by atoms with Gasteiger partial charge in [-0.1, -0.05) is 48.3 Å². The fourth-order valence-electron chi connectivity index (χ4n) is 4.28. The number of thiocarbonyl (C=S) groups is 1. The Morgan fingerprint density at radius 3 is 2.62 bits per heavy atom. The van der Waals surface area contributed by atoms with Crippen molar-refractivity contribution in [3.8, 4) is 0 Å². The molecule has 2 amide bonds. The SMILES string of the molecule is C=CCN1C(=O)C(=Cc2c(N3CCC(C(N)=O)CC3)c3ccccc3n(C)c2=O)SC1=S. The smallest absolute Gasteiger partial charge is 0.266 e. The number of pyridine rings is 1. The molecule has 4 rings (SSSR count). The molecule has 0 unspecified atom stereocenters. The standard InChI is InChI=1S/C23H24N4O3S2/c1-3-10-27-22(30)18(32-23(27)31)13-16-19(26-11-8-14(9-12-26)20(24)28)15-6-4-5-7-17(15)25(2)21(16)29/h3-7,13-14H,1,8-12H2,2H3,(H2,24,28). The van der Waals surface area contributed by atoms with Crippen LogP contribution in [0.15, 0.2) is 46.6 Å². The van der Waals surface area contributed by atoms with Gasteiger partial charge in [-0.15, -0.1) is 6.58 Å². The third-order valence-electron chi connectivity index (χ3n) is 5.98. The van der Waals surface area contributed by atoms with Crippen LogP contribution in [0.3, 0.4) is 0 Å². The molecule has 1 aromatic carbocycles. The van der Waals surface area contributed by atoms with E-state index in [0.717, 1.165) is 16.6 Å². The molecule has 9 heteroatoms. The Labute approximate surface area is 195 Å². The first-order chi connectivity index (χ1) is 15.3. The van der Waals surface area contributed by atoms with Crippen molar-refractivity contribution in [2.75, 3.05) is 24.5 Å². The average Bonchev–Trinajstić information content (AvgIpc) is 3.05. The number of hydrogen-bond donors (Lipinski definition) is 1. The lowest BCUT2D eigenvalue weighted by atomic mass is 9.94. The van der Waals surface area contributed by atoms with Gasteiger partial charge in [0.2, 0.25) is 5.91 Å². The van der Waals surface area contributed by atoms with Gasteiger partial charge in [-0.2, -0.15) is 0 Å². The quantitative estimate of drug-likeness (QED) is 0.412. The Bertz CT molecular complexity index is 1230. The van der Waals surface area contributed by atoms with Gasteiger partial charge in [-0.3, -0.25) is 19.3 Å². The van der Waals surface area contributed by atoms with E-state index in [-0.39, 0.29) is 23.3 Å². The molecule has 0 saturated carbocycles. The molecule has 166 valence electrons. The van der Waals surface area contributed by atoms with Crippen LogP contribution >= 0.6 is 24.0 Å². The number of thioether (sulfide) groups is 1. The van der Waals surface area contributed by atoms with Gasteiger partial charge in [0.1, 0.15) is 4.32 Å². The molecule has 0 bridgehead atoms. The lowest BCUT2D eigenvalue weighted by Crippen LogP contribution is -2.40. The summed E-state index contributed by atoms with van der Waals surface area (Å²) in [4.78, 5) is 42.0. The van der Waals surface area contributed by atoms with Gasteiger partial charge in [0.15, 0.2) is 0 Å². The lowest BCUT2D eigenvalue weighted by Gasteiger charge is -2.34. The van der Waals surface area contributed by atoms with Crippen molar-refractivity contribution >= 4 is 62.8 Å². The molecule has 0 aliphatic carbocycles. The number of carbonyl (C=O) groups is 2. The molecule has 0 radical (unpaired) electrons. The monoisotopic (exact) mass is 468 g/mol. The molecule has 2 aliphatic heterocycles. The van der Waals surface area contributed by atoms with Crippen LogP contribution in [0.1, 0.15) is 18.4 Å². The molecule has 2 saturated heterocycles. The number of nitrogens with zero attached hydrogens (tertiary/aromatic N) is 3. The largest absolute Gasteiger partial charge is 0.370 e. The van der Waals surface area contributed by atoms with Crippen molar-refractivity contribution in [3.05, 3.63) is 57.7 Å². The minimum atomic E-state index is -0.287. The van der Waals surface area contributed by atoms with E-state index in [9.17, 15) is 14.4 Å². The topological polar surface area (TPSA) is 88.6 Å². The highest BCUT2D eigenvalue weighted by atomic mass is 32.2. The molecule has 0 atom stereocenters. The number of hydrogen-bond acceptors (Lipinski definition) is 6. The van der Waals surface area contributed by atoms with E-state index < -0.39 is 0 Å². The number of piperidine rings is 1. The third kappa shape index (κ3) is 3.86. The van der Waals surface area contributed by atoms with Crippen molar-refractivity contribution in [2.45, 2.75) is 12.8 Å². The van der Waals surface area contributed by atoms with Crippen molar-refractivity contribution in [3.63, 3.8) is 0 Å². The van der Waals surface area contributed by atoms with Crippen LogP contribution in [0.5, 0.6) is 0 Å². The summed E-state index contributed by atoms with van der Waals surface area (Å²) in [5.74, 6) is -0.680. The molecule has 1 aromatic heterocycles. The summed E-state index contributed by atoms with van der Waals surface area (Å²) in [5, 5.41) is 0.917. The first kappa shape index (κ1) is 22.3. The Morgan fingerprint density at radius 2 is 1.97 bits per heavy atom. The number of fused-ring (bicyclic) bond motifs is 1. The van der Waals surface area contributed by atoms with Crippen molar-refractivity contribution < 1.29 is 9.59 Å². The second-order valence-corrected chi connectivity index (χ2v) is 9.56. The lowest BCUT2D eigenvalue weighted by molar-refractivity contribution is -0.122. The minimum absolute atomic E-state index is 0.164. The second-order valence-electron chi connectivity index (χ2n) is 7.89. The summed E-state index contributed by atoms with van der Waals surface area (Å²) in [6.07, 6.45) is 4.53. The number of carbonyl (C=O) groups excluding carboxylic acids is 2. The van der Waals surface area contributed by atoms with E-state index in [1.54, 1.807) is 23.8 Å².